The van der Waals surface area contributed by atoms with E-state index in [0.717, 1.165) is 46.8 Å². The van der Waals surface area contributed by atoms with E-state index >= 15 is 0 Å². The van der Waals surface area contributed by atoms with Gasteiger partial charge in [0.25, 0.3) is 0 Å². The summed E-state index contributed by atoms with van der Waals surface area (Å²) in [6.45, 7) is 2.31. The van der Waals surface area contributed by atoms with Gasteiger partial charge in [0.15, 0.2) is 0 Å². The lowest BCUT2D eigenvalue weighted by Crippen LogP contribution is -2.27. The number of fused-ring (bicyclic) bond motifs is 1. The summed E-state index contributed by atoms with van der Waals surface area (Å²) in [6.07, 6.45) is 7.21. The smallest absolute Gasteiger partial charge is 0.219 e. The van der Waals surface area contributed by atoms with Crippen molar-refractivity contribution in [2.45, 2.75) is 45.1 Å². The van der Waals surface area contributed by atoms with Gasteiger partial charge in [0.1, 0.15) is 5.75 Å². The molecule has 1 heterocycles. The van der Waals surface area contributed by atoms with E-state index in [1.807, 2.05) is 6.07 Å². The summed E-state index contributed by atoms with van der Waals surface area (Å²) in [7, 11) is 3.38. The first-order valence-electron chi connectivity index (χ1n) is 8.94. The quantitative estimate of drug-likeness (QED) is 0.802. The third-order valence-electron chi connectivity index (χ3n) is 5.43. The van der Waals surface area contributed by atoms with Gasteiger partial charge in [-0.25, -0.2) is 0 Å². The summed E-state index contributed by atoms with van der Waals surface area (Å²) in [6, 6.07) is 4.47. The normalized spacial score (nSPS) is 23.6. The monoisotopic (exact) mass is 407 g/mol. The molecule has 25 heavy (non-hydrogen) atoms. The van der Waals surface area contributed by atoms with E-state index in [-0.39, 0.29) is 5.91 Å². The van der Waals surface area contributed by atoms with E-state index in [4.69, 9.17) is 9.84 Å². The highest BCUT2D eigenvalue weighted by Gasteiger charge is 2.29. The van der Waals surface area contributed by atoms with Gasteiger partial charge in [-0.3, -0.25) is 9.48 Å². The van der Waals surface area contributed by atoms with Crippen molar-refractivity contribution in [3.05, 3.63) is 22.8 Å². The first kappa shape index (κ1) is 18.2. The first-order chi connectivity index (χ1) is 12.0. The predicted molar refractivity (Wildman–Crippen MR) is 103 cm³/mol. The molecule has 0 radical (unpaired) electrons. The maximum atomic E-state index is 11.5. The Morgan fingerprint density at radius 2 is 2.24 bits per heavy atom. The standard InChI is InChI=1S/C19H26BrN3O2/c1-12-8-13(5-7-19(24)21-2)4-6-17(12)23-11-14-9-15(20)18(25-3)10-16(14)22-23/h9-13,17H,4-8H2,1-3H3,(H,21,24)/t12-,13?,17?/m1/s1. The average molecular weight is 408 g/mol. The summed E-state index contributed by atoms with van der Waals surface area (Å²) in [5.74, 6) is 2.15. The highest BCUT2D eigenvalue weighted by atomic mass is 79.9. The minimum Gasteiger partial charge on any atom is -0.495 e. The van der Waals surface area contributed by atoms with E-state index in [0.29, 0.717) is 24.3 Å². The summed E-state index contributed by atoms with van der Waals surface area (Å²) >= 11 is 3.54. The Balaban J connectivity index is 1.70. The molecule has 6 heteroatoms. The summed E-state index contributed by atoms with van der Waals surface area (Å²) < 4.78 is 8.46. The second-order valence-electron chi connectivity index (χ2n) is 7.09. The number of halogens is 1. The maximum Gasteiger partial charge on any atom is 0.219 e. The Kier molecular flexibility index (Phi) is 5.67. The molecule has 1 aromatic heterocycles. The van der Waals surface area contributed by atoms with Gasteiger partial charge in [0.05, 0.1) is 23.1 Å². The number of ether oxygens (including phenoxy) is 1. The molecule has 0 saturated heterocycles. The molecular weight excluding hydrogens is 382 g/mol. The van der Waals surface area contributed by atoms with Crippen molar-refractivity contribution >= 4 is 32.7 Å². The molecule has 0 spiro atoms. The Morgan fingerprint density at radius 1 is 1.44 bits per heavy atom. The molecule has 2 unspecified atom stereocenters. The second kappa shape index (κ2) is 7.77. The fourth-order valence-corrected chi connectivity index (χ4v) is 4.50. The zero-order valence-corrected chi connectivity index (χ0v) is 16.7. The number of nitrogens with one attached hydrogen (secondary N) is 1. The Labute approximate surface area is 157 Å². The van der Waals surface area contributed by atoms with Gasteiger partial charge < -0.3 is 10.1 Å². The zero-order chi connectivity index (χ0) is 18.0. The summed E-state index contributed by atoms with van der Waals surface area (Å²) in [5.41, 5.74) is 0.967. The van der Waals surface area contributed by atoms with E-state index in [2.05, 4.69) is 45.1 Å². The molecule has 0 aliphatic heterocycles. The number of benzene rings is 1. The molecule has 0 bridgehead atoms. The van der Waals surface area contributed by atoms with Gasteiger partial charge >= 0.3 is 0 Å². The molecule has 1 aliphatic rings. The molecule has 136 valence electrons. The van der Waals surface area contributed by atoms with Gasteiger partial charge in [0, 0.05) is 31.1 Å². The number of aromatic nitrogens is 2. The molecule has 3 rings (SSSR count). The predicted octanol–water partition coefficient (Wildman–Crippen LogP) is 4.31. The largest absolute Gasteiger partial charge is 0.495 e. The highest BCUT2D eigenvalue weighted by molar-refractivity contribution is 9.10. The Morgan fingerprint density at radius 3 is 2.92 bits per heavy atom. The zero-order valence-electron chi connectivity index (χ0n) is 15.1. The fourth-order valence-electron chi connectivity index (χ4n) is 3.98. The lowest BCUT2D eigenvalue weighted by atomic mass is 9.77. The molecule has 3 atom stereocenters. The lowest BCUT2D eigenvalue weighted by Gasteiger charge is -2.34. The van der Waals surface area contributed by atoms with Crippen LogP contribution in [0.15, 0.2) is 22.8 Å². The topological polar surface area (TPSA) is 56.2 Å². The lowest BCUT2D eigenvalue weighted by molar-refractivity contribution is -0.121. The molecule has 1 aliphatic carbocycles. The van der Waals surface area contributed by atoms with Crippen molar-refractivity contribution < 1.29 is 9.53 Å². The number of carbonyl (C=O) groups is 1. The number of hydrogen-bond acceptors (Lipinski definition) is 3. The molecule has 1 N–H and O–H groups in total. The van der Waals surface area contributed by atoms with E-state index in [1.165, 1.54) is 0 Å². The third-order valence-corrected chi connectivity index (χ3v) is 6.05. The van der Waals surface area contributed by atoms with Crippen molar-refractivity contribution in [3.63, 3.8) is 0 Å². The van der Waals surface area contributed by atoms with E-state index in [1.54, 1.807) is 14.2 Å². The Hall–Kier alpha value is -1.56. The number of methoxy groups -OCH3 is 1. The van der Waals surface area contributed by atoms with Crippen LogP contribution in [-0.2, 0) is 4.79 Å². The van der Waals surface area contributed by atoms with Gasteiger partial charge in [-0.1, -0.05) is 6.92 Å². The van der Waals surface area contributed by atoms with Crippen molar-refractivity contribution in [3.8, 4) is 5.75 Å². The molecule has 1 amide bonds. The summed E-state index contributed by atoms with van der Waals surface area (Å²) in [5, 5.41) is 8.64. The van der Waals surface area contributed by atoms with Gasteiger partial charge in [-0.15, -0.1) is 0 Å². The van der Waals surface area contributed by atoms with Crippen LogP contribution in [0.1, 0.15) is 45.1 Å². The van der Waals surface area contributed by atoms with Crippen molar-refractivity contribution in [2.75, 3.05) is 14.2 Å². The number of nitrogens with zero attached hydrogens (tertiary/aromatic N) is 2. The van der Waals surface area contributed by atoms with Crippen LogP contribution in [0.2, 0.25) is 0 Å². The minimum atomic E-state index is 0.146. The maximum absolute atomic E-state index is 11.5. The average Bonchev–Trinajstić information content (AvgIpc) is 3.01. The van der Waals surface area contributed by atoms with Crippen LogP contribution < -0.4 is 10.1 Å². The highest BCUT2D eigenvalue weighted by Crippen LogP contribution is 2.39. The molecule has 1 saturated carbocycles. The van der Waals surface area contributed by atoms with Crippen molar-refractivity contribution in [1.82, 2.24) is 15.1 Å². The molecule has 5 nitrogen and oxygen atoms in total. The van der Waals surface area contributed by atoms with Crippen LogP contribution in [0.25, 0.3) is 10.9 Å². The molecule has 1 fully saturated rings. The number of rotatable bonds is 5. The number of carbonyl (C=O) groups excluding carboxylic acids is 1. The number of hydrogen-bond donors (Lipinski definition) is 1. The second-order valence-corrected chi connectivity index (χ2v) is 7.94. The van der Waals surface area contributed by atoms with Crippen LogP contribution in [-0.4, -0.2) is 29.8 Å². The van der Waals surface area contributed by atoms with Gasteiger partial charge in [-0.2, -0.15) is 5.10 Å². The van der Waals surface area contributed by atoms with Crippen LogP contribution >= 0.6 is 15.9 Å². The first-order valence-corrected chi connectivity index (χ1v) is 9.74. The SMILES string of the molecule is CNC(=O)CCC1CCC(n2cc3cc(Br)c(OC)cc3n2)[C@H](C)C1. The third kappa shape index (κ3) is 4.00. The fraction of sp³-hybridized carbons (Fsp3) is 0.579. The van der Waals surface area contributed by atoms with Crippen LogP contribution in [0.3, 0.4) is 0 Å². The molecule has 2 aromatic rings. The van der Waals surface area contributed by atoms with Gasteiger partial charge in [0.2, 0.25) is 5.91 Å². The van der Waals surface area contributed by atoms with E-state index in [9.17, 15) is 4.79 Å². The van der Waals surface area contributed by atoms with Crippen LogP contribution in [0.5, 0.6) is 5.75 Å². The Bertz CT molecular complexity index is 758. The van der Waals surface area contributed by atoms with Crippen molar-refractivity contribution in [1.29, 1.82) is 0 Å². The van der Waals surface area contributed by atoms with Crippen molar-refractivity contribution in [2.24, 2.45) is 11.8 Å². The van der Waals surface area contributed by atoms with E-state index < -0.39 is 0 Å². The van der Waals surface area contributed by atoms with Crippen LogP contribution in [0.4, 0.5) is 0 Å². The number of amides is 1. The molecular formula is C19H26BrN3O2. The minimum absolute atomic E-state index is 0.146. The van der Waals surface area contributed by atoms with Gasteiger partial charge in [-0.05, 0) is 59.5 Å². The molecule has 1 aromatic carbocycles. The summed E-state index contributed by atoms with van der Waals surface area (Å²) in [4.78, 5) is 11.5. The van der Waals surface area contributed by atoms with Crippen LogP contribution in [0, 0.1) is 11.8 Å².